The van der Waals surface area contributed by atoms with Crippen molar-refractivity contribution in [3.63, 3.8) is 0 Å². The first-order valence-electron chi connectivity index (χ1n) is 8.33. The monoisotopic (exact) mass is 387 g/mol. The van der Waals surface area contributed by atoms with Crippen LogP contribution in [0.3, 0.4) is 0 Å². The molecule has 0 radical (unpaired) electrons. The lowest BCUT2D eigenvalue weighted by Crippen LogP contribution is -2.54. The molecule has 138 valence electrons. The van der Waals surface area contributed by atoms with E-state index in [-0.39, 0.29) is 30.5 Å². The summed E-state index contributed by atoms with van der Waals surface area (Å²) in [5.74, 6) is -3.05. The molecule has 4 rings (SSSR count). The molecule has 27 heavy (non-hydrogen) atoms. The number of nitrogens with one attached hydrogen (secondary N) is 1. The van der Waals surface area contributed by atoms with Crippen molar-refractivity contribution in [2.45, 2.75) is 6.92 Å². The number of halogens is 2. The van der Waals surface area contributed by atoms with Crippen molar-refractivity contribution in [2.75, 3.05) is 18.4 Å². The van der Waals surface area contributed by atoms with Gasteiger partial charge in [-0.15, -0.1) is 0 Å². The number of benzene rings is 2. The minimum Gasteiger partial charge on any atom is -0.337 e. The van der Waals surface area contributed by atoms with Gasteiger partial charge in [-0.3, -0.25) is 9.59 Å². The predicted molar refractivity (Wildman–Crippen MR) is 98.7 cm³/mol. The molecule has 0 aliphatic carbocycles. The Balaban J connectivity index is 1.38. The van der Waals surface area contributed by atoms with Crippen molar-refractivity contribution in [1.29, 1.82) is 0 Å². The molecule has 0 unspecified atom stereocenters. The number of aromatic nitrogens is 1. The molecule has 2 heterocycles. The van der Waals surface area contributed by atoms with Gasteiger partial charge in [0.25, 0.3) is 5.91 Å². The molecule has 0 atom stereocenters. The van der Waals surface area contributed by atoms with E-state index >= 15 is 0 Å². The largest absolute Gasteiger partial charge is 0.337 e. The number of anilines is 1. The Morgan fingerprint density at radius 1 is 1.19 bits per heavy atom. The zero-order chi connectivity index (χ0) is 19.1. The number of fused-ring (bicyclic) bond motifs is 1. The molecule has 2 aromatic carbocycles. The number of hydrogen-bond acceptors (Lipinski definition) is 4. The molecule has 3 aromatic rings. The van der Waals surface area contributed by atoms with Crippen LogP contribution < -0.4 is 5.32 Å². The highest BCUT2D eigenvalue weighted by molar-refractivity contribution is 7.22. The maximum Gasteiger partial charge on any atom is 0.254 e. The standard InChI is InChI=1S/C19H15F2N3O2S/c1-10-3-2-4-15-16(10)22-19(27-15)23-17(25)12-8-24(9-12)18(26)11-5-6-13(20)14(21)7-11/h2-7,12H,8-9H2,1H3,(H,22,23,25). The smallest absolute Gasteiger partial charge is 0.254 e. The first kappa shape index (κ1) is 17.5. The second-order valence-corrected chi connectivity index (χ2v) is 7.50. The van der Waals surface area contributed by atoms with E-state index in [1.54, 1.807) is 0 Å². The average molecular weight is 387 g/mol. The molecule has 0 spiro atoms. The molecule has 1 aromatic heterocycles. The third kappa shape index (κ3) is 3.28. The first-order chi connectivity index (χ1) is 12.9. The summed E-state index contributed by atoms with van der Waals surface area (Å²) in [5, 5.41) is 3.32. The average Bonchev–Trinajstić information content (AvgIpc) is 2.99. The van der Waals surface area contributed by atoms with Crippen LogP contribution in [-0.4, -0.2) is 34.8 Å². The highest BCUT2D eigenvalue weighted by Crippen LogP contribution is 2.29. The number of hydrogen-bond donors (Lipinski definition) is 1. The van der Waals surface area contributed by atoms with Crippen LogP contribution in [0.1, 0.15) is 15.9 Å². The van der Waals surface area contributed by atoms with Crippen LogP contribution in [0, 0.1) is 24.5 Å². The van der Waals surface area contributed by atoms with E-state index in [1.165, 1.54) is 22.3 Å². The molecule has 1 saturated heterocycles. The van der Waals surface area contributed by atoms with Crippen LogP contribution >= 0.6 is 11.3 Å². The van der Waals surface area contributed by atoms with Crippen molar-refractivity contribution >= 4 is 38.5 Å². The summed E-state index contributed by atoms with van der Waals surface area (Å²) >= 11 is 1.40. The van der Waals surface area contributed by atoms with E-state index in [2.05, 4.69) is 10.3 Å². The predicted octanol–water partition coefficient (Wildman–Crippen LogP) is 3.59. The Kier molecular flexibility index (Phi) is 4.35. The molecule has 8 heteroatoms. The number of amides is 2. The van der Waals surface area contributed by atoms with Crippen LogP contribution in [0.5, 0.6) is 0 Å². The van der Waals surface area contributed by atoms with Gasteiger partial charge in [0.15, 0.2) is 16.8 Å². The summed E-state index contributed by atoms with van der Waals surface area (Å²) in [6, 6.07) is 8.87. The summed E-state index contributed by atoms with van der Waals surface area (Å²) in [7, 11) is 0. The molecule has 1 aliphatic rings. The van der Waals surface area contributed by atoms with E-state index < -0.39 is 17.5 Å². The van der Waals surface area contributed by atoms with Crippen molar-refractivity contribution in [2.24, 2.45) is 5.92 Å². The Morgan fingerprint density at radius 3 is 2.67 bits per heavy atom. The minimum absolute atomic E-state index is 0.0643. The molecule has 1 N–H and O–H groups in total. The van der Waals surface area contributed by atoms with Crippen LogP contribution in [-0.2, 0) is 4.79 Å². The number of carbonyl (C=O) groups excluding carboxylic acids is 2. The lowest BCUT2D eigenvalue weighted by Gasteiger charge is -2.38. The van der Waals surface area contributed by atoms with Gasteiger partial charge in [0, 0.05) is 18.7 Å². The first-order valence-corrected chi connectivity index (χ1v) is 9.15. The van der Waals surface area contributed by atoms with Gasteiger partial charge in [-0.2, -0.15) is 0 Å². The number of thiazole rings is 1. The Bertz CT molecular complexity index is 1060. The third-order valence-corrected chi connectivity index (χ3v) is 5.49. The van der Waals surface area contributed by atoms with Gasteiger partial charge in [-0.25, -0.2) is 13.8 Å². The topological polar surface area (TPSA) is 62.3 Å². The summed E-state index contributed by atoms with van der Waals surface area (Å²) in [6.07, 6.45) is 0. The fourth-order valence-corrected chi connectivity index (χ4v) is 3.92. The van der Waals surface area contributed by atoms with Crippen LogP contribution in [0.15, 0.2) is 36.4 Å². The SMILES string of the molecule is Cc1cccc2sc(NC(=O)C3CN(C(=O)c4ccc(F)c(F)c4)C3)nc12. The number of para-hydroxylation sites is 1. The zero-order valence-electron chi connectivity index (χ0n) is 14.3. The second-order valence-electron chi connectivity index (χ2n) is 6.47. The van der Waals surface area contributed by atoms with Gasteiger partial charge in [-0.05, 0) is 36.8 Å². The van der Waals surface area contributed by atoms with Gasteiger partial charge in [-0.1, -0.05) is 23.5 Å². The quantitative estimate of drug-likeness (QED) is 0.747. The summed E-state index contributed by atoms with van der Waals surface area (Å²) < 4.78 is 27.2. The van der Waals surface area contributed by atoms with E-state index in [0.717, 1.165) is 27.9 Å². The van der Waals surface area contributed by atoms with E-state index in [9.17, 15) is 18.4 Å². The molecule has 2 amide bonds. The van der Waals surface area contributed by atoms with Crippen molar-refractivity contribution in [1.82, 2.24) is 9.88 Å². The highest BCUT2D eigenvalue weighted by atomic mass is 32.1. The molecule has 0 saturated carbocycles. The van der Waals surface area contributed by atoms with Crippen LogP contribution in [0.4, 0.5) is 13.9 Å². The Hall–Kier alpha value is -2.87. The maximum absolute atomic E-state index is 13.3. The molecule has 5 nitrogen and oxygen atoms in total. The fourth-order valence-electron chi connectivity index (χ4n) is 2.97. The second kappa shape index (κ2) is 6.70. The lowest BCUT2D eigenvalue weighted by atomic mass is 9.98. The van der Waals surface area contributed by atoms with Crippen LogP contribution in [0.2, 0.25) is 0 Å². The minimum atomic E-state index is -1.07. The Morgan fingerprint density at radius 2 is 1.96 bits per heavy atom. The summed E-state index contributed by atoms with van der Waals surface area (Å²) in [6.45, 7) is 2.42. The highest BCUT2D eigenvalue weighted by Gasteiger charge is 2.36. The van der Waals surface area contributed by atoms with Gasteiger partial charge in [0.2, 0.25) is 5.91 Å². The van der Waals surface area contributed by atoms with Gasteiger partial charge < -0.3 is 10.2 Å². The molecular weight excluding hydrogens is 372 g/mol. The van der Waals surface area contributed by atoms with Crippen molar-refractivity contribution in [3.8, 4) is 0 Å². The molecule has 1 aliphatic heterocycles. The molecule has 0 bridgehead atoms. The van der Waals surface area contributed by atoms with Crippen molar-refractivity contribution in [3.05, 3.63) is 59.2 Å². The maximum atomic E-state index is 13.3. The molecule has 1 fully saturated rings. The van der Waals surface area contributed by atoms with E-state index in [0.29, 0.717) is 5.13 Å². The normalized spacial score (nSPS) is 14.3. The fraction of sp³-hybridized carbons (Fsp3) is 0.211. The number of carbonyl (C=O) groups is 2. The van der Waals surface area contributed by atoms with E-state index in [4.69, 9.17) is 0 Å². The van der Waals surface area contributed by atoms with E-state index in [1.807, 2.05) is 25.1 Å². The summed E-state index contributed by atoms with van der Waals surface area (Å²) in [5.41, 5.74) is 1.96. The van der Waals surface area contributed by atoms with Gasteiger partial charge >= 0.3 is 0 Å². The number of aryl methyl sites for hydroxylation is 1. The zero-order valence-corrected chi connectivity index (χ0v) is 15.1. The number of nitrogens with zero attached hydrogens (tertiary/aromatic N) is 2. The lowest BCUT2D eigenvalue weighted by molar-refractivity contribution is -0.123. The molecular formula is C19H15F2N3O2S. The van der Waals surface area contributed by atoms with Crippen LogP contribution in [0.25, 0.3) is 10.2 Å². The van der Waals surface area contributed by atoms with Crippen molar-refractivity contribution < 1.29 is 18.4 Å². The Labute approximate surface area is 157 Å². The number of rotatable bonds is 3. The summed E-state index contributed by atoms with van der Waals surface area (Å²) in [4.78, 5) is 30.5. The van der Waals surface area contributed by atoms with Gasteiger partial charge in [0.05, 0.1) is 16.1 Å². The number of likely N-dealkylation sites (tertiary alicyclic amines) is 1. The van der Waals surface area contributed by atoms with Gasteiger partial charge in [0.1, 0.15) is 0 Å². The third-order valence-electron chi connectivity index (χ3n) is 4.56.